The Morgan fingerprint density at radius 1 is 1.04 bits per heavy atom. The van der Waals surface area contributed by atoms with Crippen molar-refractivity contribution < 1.29 is 4.79 Å². The predicted molar refractivity (Wildman–Crippen MR) is 100 cm³/mol. The van der Waals surface area contributed by atoms with E-state index in [1.807, 2.05) is 6.92 Å². The highest BCUT2D eigenvalue weighted by atomic mass is 16.1. The highest BCUT2D eigenvalue weighted by Gasteiger charge is 2.29. The van der Waals surface area contributed by atoms with Crippen LogP contribution in [0.5, 0.6) is 0 Å². The first-order chi connectivity index (χ1) is 12.2. The van der Waals surface area contributed by atoms with E-state index in [9.17, 15) is 4.79 Å². The van der Waals surface area contributed by atoms with Crippen LogP contribution in [0.2, 0.25) is 0 Å². The van der Waals surface area contributed by atoms with Crippen molar-refractivity contribution in [2.75, 3.05) is 5.32 Å². The zero-order chi connectivity index (χ0) is 17.6. The molecule has 25 heavy (non-hydrogen) atoms. The molecule has 0 aromatic heterocycles. The number of rotatable bonds is 4. The second kappa shape index (κ2) is 7.98. The van der Waals surface area contributed by atoms with Crippen LogP contribution in [0.3, 0.4) is 0 Å². The standard InChI is InChI=1S/C22H24N2O/c1-16(22(25)24-21-13-7-17(15-23)8-14-21)18-9-11-20(12-10-18)19-5-3-2-4-6-19/h2-8,13-14,16,18,20H,9-12H2,1H3,(H,24,25)/t16-,18?,20?/m0/s1. The molecule has 1 N–H and O–H groups in total. The Balaban J connectivity index is 1.54. The Bertz CT molecular complexity index is 738. The quantitative estimate of drug-likeness (QED) is 0.846. The molecule has 3 rings (SSSR count). The van der Waals surface area contributed by atoms with E-state index in [4.69, 9.17) is 5.26 Å². The zero-order valence-electron chi connectivity index (χ0n) is 14.6. The van der Waals surface area contributed by atoms with Crippen LogP contribution in [0.4, 0.5) is 5.69 Å². The Kier molecular flexibility index (Phi) is 5.50. The van der Waals surface area contributed by atoms with Crippen molar-refractivity contribution in [3.63, 3.8) is 0 Å². The fourth-order valence-electron chi connectivity index (χ4n) is 3.78. The van der Waals surface area contributed by atoms with E-state index < -0.39 is 0 Å². The molecule has 0 saturated heterocycles. The summed E-state index contributed by atoms with van der Waals surface area (Å²) < 4.78 is 0. The average molecular weight is 332 g/mol. The largest absolute Gasteiger partial charge is 0.326 e. The molecule has 2 aromatic rings. The van der Waals surface area contributed by atoms with Gasteiger partial charge in [0.15, 0.2) is 0 Å². The Morgan fingerprint density at radius 3 is 2.28 bits per heavy atom. The summed E-state index contributed by atoms with van der Waals surface area (Å²) in [5.74, 6) is 1.16. The third-order valence-corrected chi connectivity index (χ3v) is 5.45. The summed E-state index contributed by atoms with van der Waals surface area (Å²) in [7, 11) is 0. The molecule has 0 aliphatic heterocycles. The Hall–Kier alpha value is -2.60. The summed E-state index contributed by atoms with van der Waals surface area (Å²) in [5, 5.41) is 11.8. The van der Waals surface area contributed by atoms with E-state index in [2.05, 4.69) is 41.7 Å². The molecule has 3 heteroatoms. The summed E-state index contributed by atoms with van der Waals surface area (Å²) in [5.41, 5.74) is 2.79. The molecule has 0 radical (unpaired) electrons. The van der Waals surface area contributed by atoms with Crippen LogP contribution in [-0.4, -0.2) is 5.91 Å². The van der Waals surface area contributed by atoms with Crippen LogP contribution in [0.1, 0.15) is 49.7 Å². The minimum atomic E-state index is 0.00682. The zero-order valence-corrected chi connectivity index (χ0v) is 14.6. The SMILES string of the molecule is C[C@H](C(=O)Nc1ccc(C#N)cc1)C1CCC(c2ccccc2)CC1. The van der Waals surface area contributed by atoms with Gasteiger partial charge in [0.05, 0.1) is 11.6 Å². The van der Waals surface area contributed by atoms with Crippen molar-refractivity contribution in [3.05, 3.63) is 65.7 Å². The van der Waals surface area contributed by atoms with Crippen molar-refractivity contribution >= 4 is 11.6 Å². The third-order valence-electron chi connectivity index (χ3n) is 5.45. The fourth-order valence-corrected chi connectivity index (χ4v) is 3.78. The van der Waals surface area contributed by atoms with Crippen molar-refractivity contribution in [2.45, 2.75) is 38.5 Å². The lowest BCUT2D eigenvalue weighted by Crippen LogP contribution is -2.29. The molecule has 2 aromatic carbocycles. The molecule has 0 spiro atoms. The number of nitriles is 1. The smallest absolute Gasteiger partial charge is 0.227 e. The van der Waals surface area contributed by atoms with Gasteiger partial charge < -0.3 is 5.32 Å². The highest BCUT2D eigenvalue weighted by molar-refractivity contribution is 5.92. The van der Waals surface area contributed by atoms with Crippen LogP contribution in [0.15, 0.2) is 54.6 Å². The lowest BCUT2D eigenvalue weighted by Gasteiger charge is -2.32. The minimum Gasteiger partial charge on any atom is -0.326 e. The van der Waals surface area contributed by atoms with Gasteiger partial charge in [-0.3, -0.25) is 4.79 Å². The summed E-state index contributed by atoms with van der Waals surface area (Å²) >= 11 is 0. The van der Waals surface area contributed by atoms with Gasteiger partial charge in [-0.15, -0.1) is 0 Å². The van der Waals surface area contributed by atoms with E-state index in [1.165, 1.54) is 5.56 Å². The molecule has 1 saturated carbocycles. The van der Waals surface area contributed by atoms with Gasteiger partial charge in [0.1, 0.15) is 0 Å². The Labute approximate surface area is 149 Å². The monoisotopic (exact) mass is 332 g/mol. The van der Waals surface area contributed by atoms with Gasteiger partial charge >= 0.3 is 0 Å². The van der Waals surface area contributed by atoms with Gasteiger partial charge in [-0.2, -0.15) is 5.26 Å². The first-order valence-electron chi connectivity index (χ1n) is 9.03. The number of nitrogens with zero attached hydrogens (tertiary/aromatic N) is 1. The van der Waals surface area contributed by atoms with Gasteiger partial charge in [0.2, 0.25) is 5.91 Å². The molecule has 128 valence electrons. The maximum atomic E-state index is 12.5. The maximum absolute atomic E-state index is 12.5. The minimum absolute atomic E-state index is 0.00682. The maximum Gasteiger partial charge on any atom is 0.227 e. The highest BCUT2D eigenvalue weighted by Crippen LogP contribution is 2.38. The van der Waals surface area contributed by atoms with E-state index in [0.29, 0.717) is 17.4 Å². The van der Waals surface area contributed by atoms with Gasteiger partial charge in [0, 0.05) is 11.6 Å². The second-order valence-corrected chi connectivity index (χ2v) is 6.99. The molecule has 0 bridgehead atoms. The van der Waals surface area contributed by atoms with Crippen LogP contribution in [0, 0.1) is 23.2 Å². The first kappa shape index (κ1) is 17.2. The van der Waals surface area contributed by atoms with Crippen LogP contribution in [0.25, 0.3) is 0 Å². The van der Waals surface area contributed by atoms with E-state index in [1.54, 1.807) is 24.3 Å². The normalized spacial score (nSPS) is 21.1. The molecule has 1 aliphatic rings. The number of nitrogens with one attached hydrogen (secondary N) is 1. The third kappa shape index (κ3) is 4.28. The van der Waals surface area contributed by atoms with E-state index in [0.717, 1.165) is 31.4 Å². The molecular formula is C22H24N2O. The fraction of sp³-hybridized carbons (Fsp3) is 0.364. The number of carbonyl (C=O) groups is 1. The molecule has 0 heterocycles. The van der Waals surface area contributed by atoms with Crippen LogP contribution in [-0.2, 0) is 4.79 Å². The summed E-state index contributed by atoms with van der Waals surface area (Å²) in [6.45, 7) is 2.03. The predicted octanol–water partition coefficient (Wildman–Crippen LogP) is 5.11. The molecule has 1 atom stereocenters. The van der Waals surface area contributed by atoms with Crippen LogP contribution >= 0.6 is 0 Å². The van der Waals surface area contributed by atoms with Gasteiger partial charge in [-0.25, -0.2) is 0 Å². The summed E-state index contributed by atoms with van der Waals surface area (Å²) in [6, 6.07) is 19.8. The lowest BCUT2D eigenvalue weighted by atomic mass is 9.74. The first-order valence-corrected chi connectivity index (χ1v) is 9.03. The van der Waals surface area contributed by atoms with Crippen molar-refractivity contribution in [1.29, 1.82) is 5.26 Å². The van der Waals surface area contributed by atoms with E-state index in [-0.39, 0.29) is 11.8 Å². The van der Waals surface area contributed by atoms with Crippen molar-refractivity contribution in [2.24, 2.45) is 11.8 Å². The lowest BCUT2D eigenvalue weighted by molar-refractivity contribution is -0.121. The van der Waals surface area contributed by atoms with E-state index >= 15 is 0 Å². The molecule has 1 fully saturated rings. The van der Waals surface area contributed by atoms with Gasteiger partial charge in [-0.05, 0) is 67.3 Å². The number of hydrogen-bond acceptors (Lipinski definition) is 2. The number of hydrogen-bond donors (Lipinski definition) is 1. The second-order valence-electron chi connectivity index (χ2n) is 6.99. The number of amides is 1. The molecular weight excluding hydrogens is 308 g/mol. The van der Waals surface area contributed by atoms with Crippen molar-refractivity contribution in [3.8, 4) is 6.07 Å². The molecule has 3 nitrogen and oxygen atoms in total. The number of carbonyl (C=O) groups excluding carboxylic acids is 1. The average Bonchev–Trinajstić information content (AvgIpc) is 2.69. The van der Waals surface area contributed by atoms with Crippen LogP contribution < -0.4 is 5.32 Å². The molecule has 1 aliphatic carbocycles. The molecule has 1 amide bonds. The Morgan fingerprint density at radius 2 is 1.68 bits per heavy atom. The number of benzene rings is 2. The van der Waals surface area contributed by atoms with Gasteiger partial charge in [-0.1, -0.05) is 37.3 Å². The van der Waals surface area contributed by atoms with Crippen molar-refractivity contribution in [1.82, 2.24) is 0 Å². The topological polar surface area (TPSA) is 52.9 Å². The summed E-state index contributed by atoms with van der Waals surface area (Å²) in [6.07, 6.45) is 4.51. The van der Waals surface area contributed by atoms with Gasteiger partial charge in [0.25, 0.3) is 0 Å². The summed E-state index contributed by atoms with van der Waals surface area (Å²) in [4.78, 5) is 12.5. The number of anilines is 1. The molecule has 0 unspecified atom stereocenters.